The lowest BCUT2D eigenvalue weighted by molar-refractivity contribution is 0.102. The van der Waals surface area contributed by atoms with E-state index in [0.29, 0.717) is 17.3 Å². The molecule has 0 spiro atoms. The lowest BCUT2D eigenvalue weighted by atomic mass is 10.2. The number of aromatic nitrogens is 1. The number of carbonyl (C=O) groups excluding carboxylic acids is 1. The van der Waals surface area contributed by atoms with Gasteiger partial charge < -0.3 is 4.74 Å². The molecule has 0 radical (unpaired) electrons. The Hall–Kier alpha value is -1.88. The van der Waals surface area contributed by atoms with E-state index in [1.165, 1.54) is 11.3 Å². The van der Waals surface area contributed by atoms with Crippen molar-refractivity contribution >= 4 is 22.4 Å². The van der Waals surface area contributed by atoms with Crippen LogP contribution in [0.1, 0.15) is 35.0 Å². The van der Waals surface area contributed by atoms with Crippen LogP contribution in [0.15, 0.2) is 30.5 Å². The molecule has 106 valence electrons. The minimum Gasteiger partial charge on any atom is -0.494 e. The van der Waals surface area contributed by atoms with E-state index in [4.69, 9.17) is 4.74 Å². The summed E-state index contributed by atoms with van der Waals surface area (Å²) in [6.45, 7) is 4.74. The molecule has 0 saturated carbocycles. The summed E-state index contributed by atoms with van der Waals surface area (Å²) < 4.78 is 5.60. The van der Waals surface area contributed by atoms with Gasteiger partial charge in [0.1, 0.15) is 5.75 Å². The van der Waals surface area contributed by atoms with Crippen molar-refractivity contribution in [3.8, 4) is 5.75 Å². The predicted octanol–water partition coefficient (Wildman–Crippen LogP) is 3.88. The Labute approximate surface area is 122 Å². The summed E-state index contributed by atoms with van der Waals surface area (Å²) in [5.41, 5.74) is 0.576. The van der Waals surface area contributed by atoms with Crippen LogP contribution in [-0.2, 0) is 0 Å². The second-order valence-electron chi connectivity index (χ2n) is 4.46. The number of unbranched alkanes of at least 4 members (excludes halogenated alkanes) is 1. The summed E-state index contributed by atoms with van der Waals surface area (Å²) in [4.78, 5) is 17.3. The molecule has 1 amide bonds. The van der Waals surface area contributed by atoms with E-state index < -0.39 is 0 Å². The van der Waals surface area contributed by atoms with Gasteiger partial charge >= 0.3 is 0 Å². The number of amides is 1. The number of rotatable bonds is 6. The summed E-state index contributed by atoms with van der Waals surface area (Å²) in [6.07, 6.45) is 3.84. The van der Waals surface area contributed by atoms with Gasteiger partial charge in [-0.25, -0.2) is 4.98 Å². The zero-order valence-corrected chi connectivity index (χ0v) is 12.5. The molecular formula is C15H18N2O2S. The van der Waals surface area contributed by atoms with Gasteiger partial charge in [0.25, 0.3) is 5.91 Å². The predicted molar refractivity (Wildman–Crippen MR) is 81.6 cm³/mol. The Bertz CT molecular complexity index is 581. The molecule has 0 unspecified atom stereocenters. The molecular weight excluding hydrogens is 272 g/mol. The molecule has 0 atom stereocenters. The van der Waals surface area contributed by atoms with Gasteiger partial charge in [-0.05, 0) is 31.5 Å². The number of aryl methyl sites for hydroxylation is 1. The van der Waals surface area contributed by atoms with Gasteiger partial charge in [-0.15, -0.1) is 11.3 Å². The average Bonchev–Trinajstić information content (AvgIpc) is 2.85. The van der Waals surface area contributed by atoms with Crippen molar-refractivity contribution in [2.24, 2.45) is 0 Å². The minimum absolute atomic E-state index is 0.166. The number of thiazole rings is 1. The molecule has 1 aromatic carbocycles. The maximum absolute atomic E-state index is 12.1. The maximum atomic E-state index is 12.1. The van der Waals surface area contributed by atoms with Crippen LogP contribution in [0.5, 0.6) is 5.75 Å². The van der Waals surface area contributed by atoms with Gasteiger partial charge in [-0.3, -0.25) is 10.1 Å². The summed E-state index contributed by atoms with van der Waals surface area (Å²) >= 11 is 1.46. The van der Waals surface area contributed by atoms with Crippen LogP contribution in [0.2, 0.25) is 0 Å². The van der Waals surface area contributed by atoms with E-state index in [1.807, 2.05) is 19.1 Å². The number of carbonyl (C=O) groups is 1. The average molecular weight is 290 g/mol. The van der Waals surface area contributed by atoms with Gasteiger partial charge in [-0.1, -0.05) is 19.4 Å². The van der Waals surface area contributed by atoms with Crippen LogP contribution >= 0.6 is 11.3 Å². The highest BCUT2D eigenvalue weighted by Crippen LogP contribution is 2.19. The first-order valence-corrected chi connectivity index (χ1v) is 7.47. The van der Waals surface area contributed by atoms with Crippen LogP contribution in [0.3, 0.4) is 0 Å². The first-order chi connectivity index (χ1) is 9.69. The molecule has 0 aliphatic carbocycles. The Morgan fingerprint density at radius 1 is 1.45 bits per heavy atom. The van der Waals surface area contributed by atoms with Crippen molar-refractivity contribution in [3.63, 3.8) is 0 Å². The van der Waals surface area contributed by atoms with Gasteiger partial charge in [0.05, 0.1) is 6.61 Å². The van der Waals surface area contributed by atoms with Crippen molar-refractivity contribution in [3.05, 3.63) is 40.9 Å². The molecule has 20 heavy (non-hydrogen) atoms. The van der Waals surface area contributed by atoms with Crippen molar-refractivity contribution < 1.29 is 9.53 Å². The third-order valence-corrected chi connectivity index (χ3v) is 3.53. The Kier molecular flexibility index (Phi) is 5.12. The molecule has 2 rings (SSSR count). The molecule has 1 N–H and O–H groups in total. The highest BCUT2D eigenvalue weighted by molar-refractivity contribution is 7.15. The Balaban J connectivity index is 2.00. The second kappa shape index (κ2) is 7.05. The number of ether oxygens (including phenoxy) is 1. The van der Waals surface area contributed by atoms with E-state index in [1.54, 1.807) is 18.3 Å². The number of nitrogens with one attached hydrogen (secondary N) is 1. The number of benzene rings is 1. The number of nitrogens with zero attached hydrogens (tertiary/aromatic N) is 1. The molecule has 0 fully saturated rings. The zero-order chi connectivity index (χ0) is 14.4. The largest absolute Gasteiger partial charge is 0.494 e. The molecule has 1 heterocycles. The van der Waals surface area contributed by atoms with Gasteiger partial charge in [0, 0.05) is 16.6 Å². The molecule has 0 bridgehead atoms. The summed E-state index contributed by atoms with van der Waals surface area (Å²) in [5, 5.41) is 3.40. The number of anilines is 1. The Morgan fingerprint density at radius 3 is 3.00 bits per heavy atom. The van der Waals surface area contributed by atoms with Crippen molar-refractivity contribution in [2.45, 2.75) is 26.7 Å². The lowest BCUT2D eigenvalue weighted by Crippen LogP contribution is -2.11. The SMILES string of the molecule is CCCCOc1cccc(C(=O)Nc2ncc(C)s2)c1. The lowest BCUT2D eigenvalue weighted by Gasteiger charge is -2.07. The third kappa shape index (κ3) is 4.06. The molecule has 0 aliphatic heterocycles. The fourth-order valence-electron chi connectivity index (χ4n) is 1.64. The van der Waals surface area contributed by atoms with E-state index >= 15 is 0 Å². The van der Waals surface area contributed by atoms with E-state index in [-0.39, 0.29) is 5.91 Å². The molecule has 5 heteroatoms. The number of hydrogen-bond donors (Lipinski definition) is 1. The van der Waals surface area contributed by atoms with E-state index in [0.717, 1.165) is 23.5 Å². The van der Waals surface area contributed by atoms with Crippen molar-refractivity contribution in [2.75, 3.05) is 11.9 Å². The fraction of sp³-hybridized carbons (Fsp3) is 0.333. The quantitative estimate of drug-likeness (QED) is 0.821. The van der Waals surface area contributed by atoms with Crippen LogP contribution in [-0.4, -0.2) is 17.5 Å². The molecule has 1 aromatic heterocycles. The van der Waals surface area contributed by atoms with E-state index in [2.05, 4.69) is 17.2 Å². The van der Waals surface area contributed by atoms with Gasteiger partial charge in [0.2, 0.25) is 0 Å². The molecule has 0 saturated heterocycles. The maximum Gasteiger partial charge on any atom is 0.257 e. The number of hydrogen-bond acceptors (Lipinski definition) is 4. The monoisotopic (exact) mass is 290 g/mol. The minimum atomic E-state index is -0.166. The summed E-state index contributed by atoms with van der Waals surface area (Å²) in [7, 11) is 0. The molecule has 2 aromatic rings. The van der Waals surface area contributed by atoms with Crippen molar-refractivity contribution in [1.82, 2.24) is 4.98 Å². The molecule has 0 aliphatic rings. The first-order valence-electron chi connectivity index (χ1n) is 6.65. The van der Waals surface area contributed by atoms with Gasteiger partial charge in [0.15, 0.2) is 5.13 Å². The van der Waals surface area contributed by atoms with E-state index in [9.17, 15) is 4.79 Å². The van der Waals surface area contributed by atoms with Gasteiger partial charge in [-0.2, -0.15) is 0 Å². The standard InChI is InChI=1S/C15H18N2O2S/c1-3-4-8-19-13-7-5-6-12(9-13)14(18)17-15-16-10-11(2)20-15/h5-7,9-10H,3-4,8H2,1-2H3,(H,16,17,18). The smallest absolute Gasteiger partial charge is 0.257 e. The summed E-state index contributed by atoms with van der Waals surface area (Å²) in [6, 6.07) is 7.21. The Morgan fingerprint density at radius 2 is 2.30 bits per heavy atom. The highest BCUT2D eigenvalue weighted by Gasteiger charge is 2.09. The zero-order valence-electron chi connectivity index (χ0n) is 11.7. The van der Waals surface area contributed by atoms with Crippen LogP contribution in [0.25, 0.3) is 0 Å². The normalized spacial score (nSPS) is 10.3. The van der Waals surface area contributed by atoms with Crippen LogP contribution < -0.4 is 10.1 Å². The summed E-state index contributed by atoms with van der Waals surface area (Å²) in [5.74, 6) is 0.557. The third-order valence-electron chi connectivity index (χ3n) is 2.70. The van der Waals surface area contributed by atoms with Crippen LogP contribution in [0, 0.1) is 6.92 Å². The second-order valence-corrected chi connectivity index (χ2v) is 5.69. The fourth-order valence-corrected chi connectivity index (χ4v) is 2.30. The topological polar surface area (TPSA) is 51.2 Å². The van der Waals surface area contributed by atoms with Crippen molar-refractivity contribution in [1.29, 1.82) is 0 Å². The molecule has 4 nitrogen and oxygen atoms in total. The highest BCUT2D eigenvalue weighted by atomic mass is 32.1. The first kappa shape index (κ1) is 14.5. The van der Waals surface area contributed by atoms with Crippen LogP contribution in [0.4, 0.5) is 5.13 Å².